The molecule has 2 aromatic rings. The predicted octanol–water partition coefficient (Wildman–Crippen LogP) is 3.38. The van der Waals surface area contributed by atoms with Gasteiger partial charge >= 0.3 is 0 Å². The molecule has 0 atom stereocenters. The number of nitrogens with zero attached hydrogens (tertiary/aromatic N) is 1. The molecule has 2 aromatic carbocycles. The van der Waals surface area contributed by atoms with E-state index in [1.54, 1.807) is 0 Å². The van der Waals surface area contributed by atoms with Crippen molar-refractivity contribution >= 4 is 22.0 Å². The topological polar surface area (TPSA) is 66.7 Å². The molecule has 1 N–H and O–H groups in total. The zero-order chi connectivity index (χ0) is 17.4. The quantitative estimate of drug-likeness (QED) is 0.303. The molecule has 0 spiro atoms. The van der Waals surface area contributed by atoms with Gasteiger partial charge in [-0.3, -0.25) is 4.55 Å². The summed E-state index contributed by atoms with van der Waals surface area (Å²) in [7, 11) is -4.67. The van der Waals surface area contributed by atoms with Gasteiger partial charge < -0.3 is 0 Å². The predicted molar refractivity (Wildman–Crippen MR) is 69.7 cm³/mol. The van der Waals surface area contributed by atoms with Crippen molar-refractivity contribution in [2.45, 2.75) is 4.90 Å². The molecule has 0 aliphatic rings. The van der Waals surface area contributed by atoms with Gasteiger partial charge in [-0.2, -0.15) is 8.42 Å². The highest BCUT2D eigenvalue weighted by molar-refractivity contribution is 7.86. The molecule has 0 bridgehead atoms. The maximum atomic E-state index is 13.4. The Morgan fingerprint density at radius 1 is 0.870 bits per heavy atom. The van der Waals surface area contributed by atoms with Gasteiger partial charge in [0.2, 0.25) is 5.82 Å². The first-order valence-corrected chi connectivity index (χ1v) is 7.20. The summed E-state index contributed by atoms with van der Waals surface area (Å²) in [6.45, 7) is 0. The van der Waals surface area contributed by atoms with E-state index in [0.717, 1.165) is 12.1 Å². The normalized spacial score (nSPS) is 12.1. The number of aliphatic imine (C=N–C) groups is 1. The Labute approximate surface area is 126 Å². The SMILES string of the molecule is O=S(=O)(O)c1ccccc1C=Nc1c(F)c(F)c(F)c(F)c1F. The first-order valence-electron chi connectivity index (χ1n) is 5.76. The smallest absolute Gasteiger partial charge is 0.282 e. The Kier molecular flexibility index (Phi) is 4.48. The molecule has 0 saturated heterocycles. The van der Waals surface area contributed by atoms with E-state index in [0.29, 0.717) is 6.21 Å². The first-order chi connectivity index (χ1) is 10.6. The zero-order valence-corrected chi connectivity index (χ0v) is 11.7. The van der Waals surface area contributed by atoms with E-state index in [1.165, 1.54) is 12.1 Å². The largest absolute Gasteiger partial charge is 0.295 e. The fourth-order valence-corrected chi connectivity index (χ4v) is 2.33. The van der Waals surface area contributed by atoms with Gasteiger partial charge in [-0.1, -0.05) is 18.2 Å². The second-order valence-electron chi connectivity index (χ2n) is 4.19. The Hall–Kier alpha value is -2.33. The number of benzene rings is 2. The molecule has 0 aliphatic heterocycles. The zero-order valence-electron chi connectivity index (χ0n) is 10.9. The number of halogens is 5. The molecule has 0 unspecified atom stereocenters. The van der Waals surface area contributed by atoms with Crippen LogP contribution in [0.15, 0.2) is 34.2 Å². The standard InChI is InChI=1S/C13H6F5NO3S/c14-8-9(15)11(17)13(12(18)10(8)16)19-5-6-3-1-2-4-7(6)23(20,21)22/h1-5H,(H,20,21,22). The lowest BCUT2D eigenvalue weighted by Crippen LogP contribution is -2.03. The number of rotatable bonds is 3. The van der Waals surface area contributed by atoms with Crippen LogP contribution in [0.25, 0.3) is 0 Å². The van der Waals surface area contributed by atoms with E-state index in [2.05, 4.69) is 4.99 Å². The third kappa shape index (κ3) is 3.22. The molecule has 122 valence electrons. The van der Waals surface area contributed by atoms with Crippen LogP contribution in [0.3, 0.4) is 0 Å². The van der Waals surface area contributed by atoms with Crippen molar-refractivity contribution in [3.8, 4) is 0 Å². The average Bonchev–Trinajstić information content (AvgIpc) is 2.50. The molecule has 23 heavy (non-hydrogen) atoms. The van der Waals surface area contributed by atoms with Gasteiger partial charge in [0.25, 0.3) is 10.1 Å². The number of hydrogen-bond acceptors (Lipinski definition) is 3. The monoisotopic (exact) mass is 351 g/mol. The summed E-state index contributed by atoms with van der Waals surface area (Å²) in [4.78, 5) is 2.47. The summed E-state index contributed by atoms with van der Waals surface area (Å²) in [5.74, 6) is -11.0. The Morgan fingerprint density at radius 3 is 1.87 bits per heavy atom. The van der Waals surface area contributed by atoms with E-state index in [4.69, 9.17) is 4.55 Å². The second kappa shape index (κ2) is 6.05. The van der Waals surface area contributed by atoms with Crippen LogP contribution in [0.1, 0.15) is 5.56 Å². The average molecular weight is 351 g/mol. The highest BCUT2D eigenvalue weighted by atomic mass is 32.2. The van der Waals surface area contributed by atoms with Crippen LogP contribution in [-0.4, -0.2) is 19.2 Å². The van der Waals surface area contributed by atoms with Crippen molar-refractivity contribution in [2.24, 2.45) is 4.99 Å². The molecule has 0 radical (unpaired) electrons. The second-order valence-corrected chi connectivity index (χ2v) is 5.58. The molecular formula is C13H6F5NO3S. The molecule has 0 heterocycles. The van der Waals surface area contributed by atoms with Crippen molar-refractivity contribution < 1.29 is 34.9 Å². The minimum Gasteiger partial charge on any atom is -0.282 e. The highest BCUT2D eigenvalue weighted by Crippen LogP contribution is 2.29. The van der Waals surface area contributed by atoms with E-state index in [1.807, 2.05) is 0 Å². The molecule has 0 aromatic heterocycles. The Bertz CT molecular complexity index is 883. The van der Waals surface area contributed by atoms with Crippen LogP contribution >= 0.6 is 0 Å². The third-order valence-electron chi connectivity index (χ3n) is 2.72. The number of hydrogen-bond donors (Lipinski definition) is 1. The van der Waals surface area contributed by atoms with Crippen LogP contribution in [0, 0.1) is 29.1 Å². The van der Waals surface area contributed by atoms with Crippen molar-refractivity contribution in [1.82, 2.24) is 0 Å². The highest BCUT2D eigenvalue weighted by Gasteiger charge is 2.25. The maximum Gasteiger partial charge on any atom is 0.295 e. The Balaban J connectivity index is 2.60. The minimum atomic E-state index is -4.67. The summed E-state index contributed by atoms with van der Waals surface area (Å²) in [5, 5.41) is 0. The van der Waals surface area contributed by atoms with E-state index in [9.17, 15) is 30.4 Å². The minimum absolute atomic E-state index is 0.307. The fraction of sp³-hybridized carbons (Fsp3) is 0. The van der Waals surface area contributed by atoms with Gasteiger partial charge in [0.05, 0.1) is 0 Å². The lowest BCUT2D eigenvalue weighted by molar-refractivity contribution is 0.381. The lowest BCUT2D eigenvalue weighted by atomic mass is 10.2. The third-order valence-corrected chi connectivity index (χ3v) is 3.64. The molecule has 0 aliphatic carbocycles. The first kappa shape index (κ1) is 17.0. The van der Waals surface area contributed by atoms with Crippen LogP contribution in [0.2, 0.25) is 0 Å². The van der Waals surface area contributed by atoms with Gasteiger partial charge in [-0.25, -0.2) is 26.9 Å². The van der Waals surface area contributed by atoms with Crippen LogP contribution in [0.5, 0.6) is 0 Å². The summed E-state index contributed by atoms with van der Waals surface area (Å²) in [6, 6.07) is 4.64. The van der Waals surface area contributed by atoms with Crippen molar-refractivity contribution in [1.29, 1.82) is 0 Å². The van der Waals surface area contributed by atoms with Crippen LogP contribution < -0.4 is 0 Å². The van der Waals surface area contributed by atoms with Crippen molar-refractivity contribution in [2.75, 3.05) is 0 Å². The van der Waals surface area contributed by atoms with Crippen molar-refractivity contribution in [3.05, 3.63) is 58.9 Å². The van der Waals surface area contributed by atoms with Gasteiger partial charge in [0.1, 0.15) is 10.6 Å². The van der Waals surface area contributed by atoms with Gasteiger partial charge in [0.15, 0.2) is 23.3 Å². The van der Waals surface area contributed by atoms with Crippen LogP contribution in [0.4, 0.5) is 27.6 Å². The molecular weight excluding hydrogens is 345 g/mol. The van der Waals surface area contributed by atoms with Gasteiger partial charge in [-0.05, 0) is 6.07 Å². The summed E-state index contributed by atoms with van der Waals surface area (Å²) in [6.07, 6.45) is 0.557. The van der Waals surface area contributed by atoms with E-state index < -0.39 is 49.8 Å². The fourth-order valence-electron chi connectivity index (χ4n) is 1.66. The summed E-state index contributed by atoms with van der Waals surface area (Å²) in [5.41, 5.74) is -1.79. The summed E-state index contributed by atoms with van der Waals surface area (Å²) < 4.78 is 97.1. The molecule has 0 amide bonds. The molecule has 0 saturated carbocycles. The molecule has 0 fully saturated rings. The molecule has 2 rings (SSSR count). The lowest BCUT2D eigenvalue weighted by Gasteiger charge is -2.04. The van der Waals surface area contributed by atoms with Crippen molar-refractivity contribution in [3.63, 3.8) is 0 Å². The molecule has 4 nitrogen and oxygen atoms in total. The Morgan fingerprint density at radius 2 is 1.35 bits per heavy atom. The van der Waals surface area contributed by atoms with E-state index >= 15 is 0 Å². The summed E-state index contributed by atoms with van der Waals surface area (Å²) >= 11 is 0. The maximum absolute atomic E-state index is 13.4. The van der Waals surface area contributed by atoms with Gasteiger partial charge in [-0.15, -0.1) is 0 Å². The molecule has 10 heteroatoms. The van der Waals surface area contributed by atoms with Gasteiger partial charge in [0, 0.05) is 11.8 Å². The van der Waals surface area contributed by atoms with E-state index in [-0.39, 0.29) is 5.56 Å². The van der Waals surface area contributed by atoms with Crippen LogP contribution in [-0.2, 0) is 10.1 Å².